The molecule has 0 amide bonds. The number of benzene rings is 2. The van der Waals surface area contributed by atoms with Gasteiger partial charge >= 0.3 is 0 Å². The molecule has 0 aliphatic rings. The first-order valence-electron chi connectivity index (χ1n) is 5.69. The molecule has 0 saturated heterocycles. The van der Waals surface area contributed by atoms with Gasteiger partial charge in [0.05, 0.1) is 7.11 Å². The molecule has 0 spiro atoms. The lowest BCUT2D eigenvalue weighted by Gasteiger charge is -2.02. The standard InChI is InChI=1S/C15H12BrNO/c1-18-13-4-2-3-10(8-13)15-9-11-7-12(16)5-6-14(11)17-15/h2-9,17H,1H3. The van der Waals surface area contributed by atoms with Crippen LogP contribution in [0, 0.1) is 0 Å². The van der Waals surface area contributed by atoms with Crippen LogP contribution in [0.5, 0.6) is 5.75 Å². The Morgan fingerprint density at radius 1 is 1.06 bits per heavy atom. The van der Waals surface area contributed by atoms with Crippen molar-refractivity contribution in [2.75, 3.05) is 7.11 Å². The van der Waals surface area contributed by atoms with Crippen molar-refractivity contribution in [3.05, 3.63) is 53.0 Å². The zero-order valence-corrected chi connectivity index (χ0v) is 11.5. The maximum atomic E-state index is 5.25. The van der Waals surface area contributed by atoms with E-state index in [1.165, 1.54) is 5.39 Å². The quantitative estimate of drug-likeness (QED) is 0.735. The highest BCUT2D eigenvalue weighted by Crippen LogP contribution is 2.28. The summed E-state index contributed by atoms with van der Waals surface area (Å²) >= 11 is 3.49. The summed E-state index contributed by atoms with van der Waals surface area (Å²) in [7, 11) is 1.68. The number of halogens is 1. The van der Waals surface area contributed by atoms with Crippen LogP contribution in [-0.4, -0.2) is 12.1 Å². The number of fused-ring (bicyclic) bond motifs is 1. The van der Waals surface area contributed by atoms with E-state index >= 15 is 0 Å². The van der Waals surface area contributed by atoms with Crippen molar-refractivity contribution >= 4 is 26.8 Å². The Bertz CT molecular complexity index is 703. The molecule has 2 aromatic carbocycles. The Morgan fingerprint density at radius 2 is 1.94 bits per heavy atom. The van der Waals surface area contributed by atoms with Crippen molar-refractivity contribution in [2.45, 2.75) is 0 Å². The van der Waals surface area contributed by atoms with Crippen LogP contribution in [0.4, 0.5) is 0 Å². The highest BCUT2D eigenvalue weighted by atomic mass is 79.9. The van der Waals surface area contributed by atoms with Gasteiger partial charge in [-0.25, -0.2) is 0 Å². The number of methoxy groups -OCH3 is 1. The minimum Gasteiger partial charge on any atom is -0.497 e. The van der Waals surface area contributed by atoms with Crippen molar-refractivity contribution in [3.63, 3.8) is 0 Å². The molecule has 0 fully saturated rings. The van der Waals surface area contributed by atoms with Crippen LogP contribution in [0.1, 0.15) is 0 Å². The summed E-state index contributed by atoms with van der Waals surface area (Å²) in [6.45, 7) is 0. The summed E-state index contributed by atoms with van der Waals surface area (Å²) in [6, 6.07) is 16.4. The molecule has 3 rings (SSSR count). The smallest absolute Gasteiger partial charge is 0.119 e. The maximum absolute atomic E-state index is 5.25. The number of nitrogens with one attached hydrogen (secondary N) is 1. The monoisotopic (exact) mass is 301 g/mol. The zero-order valence-electron chi connectivity index (χ0n) is 9.91. The van der Waals surface area contributed by atoms with Crippen molar-refractivity contribution in [3.8, 4) is 17.0 Å². The molecule has 1 aromatic heterocycles. The predicted octanol–water partition coefficient (Wildman–Crippen LogP) is 4.61. The first-order chi connectivity index (χ1) is 8.76. The fraction of sp³-hybridized carbons (Fsp3) is 0.0667. The number of aromatic amines is 1. The molecule has 1 N–H and O–H groups in total. The van der Waals surface area contributed by atoms with E-state index in [1.807, 2.05) is 24.3 Å². The highest BCUT2D eigenvalue weighted by Gasteiger charge is 2.04. The van der Waals surface area contributed by atoms with Gasteiger partial charge in [0, 0.05) is 26.6 Å². The second-order valence-corrected chi connectivity index (χ2v) is 5.06. The number of rotatable bonds is 2. The number of hydrogen-bond donors (Lipinski definition) is 1. The molecule has 2 nitrogen and oxygen atoms in total. The lowest BCUT2D eigenvalue weighted by Crippen LogP contribution is -1.83. The average molecular weight is 302 g/mol. The average Bonchev–Trinajstić information content (AvgIpc) is 2.81. The van der Waals surface area contributed by atoms with Gasteiger partial charge in [-0.3, -0.25) is 0 Å². The fourth-order valence-electron chi connectivity index (χ4n) is 2.05. The van der Waals surface area contributed by atoms with E-state index in [9.17, 15) is 0 Å². The van der Waals surface area contributed by atoms with Crippen LogP contribution in [0.25, 0.3) is 22.2 Å². The summed E-state index contributed by atoms with van der Waals surface area (Å²) in [5.41, 5.74) is 3.36. The van der Waals surface area contributed by atoms with Crippen LogP contribution in [-0.2, 0) is 0 Å². The molecule has 0 aliphatic heterocycles. The van der Waals surface area contributed by atoms with Gasteiger partial charge < -0.3 is 9.72 Å². The molecule has 3 heteroatoms. The second kappa shape index (κ2) is 4.50. The van der Waals surface area contributed by atoms with Gasteiger partial charge in [-0.1, -0.05) is 28.1 Å². The fourth-order valence-corrected chi connectivity index (χ4v) is 2.43. The first kappa shape index (κ1) is 11.4. The number of ether oxygens (including phenoxy) is 1. The third kappa shape index (κ3) is 2.02. The molecule has 0 saturated carbocycles. The van der Waals surface area contributed by atoms with Gasteiger partial charge in [-0.05, 0) is 36.4 Å². The largest absolute Gasteiger partial charge is 0.497 e. The SMILES string of the molecule is COc1cccc(-c2cc3cc(Br)ccc3[nH]2)c1. The zero-order chi connectivity index (χ0) is 12.5. The molecule has 3 aromatic rings. The summed E-state index contributed by atoms with van der Waals surface area (Å²) in [5, 5.41) is 1.20. The Hall–Kier alpha value is -1.74. The van der Waals surface area contributed by atoms with Gasteiger partial charge in [-0.2, -0.15) is 0 Å². The van der Waals surface area contributed by atoms with Crippen molar-refractivity contribution in [2.24, 2.45) is 0 Å². The Kier molecular flexibility index (Phi) is 2.84. The van der Waals surface area contributed by atoms with Gasteiger partial charge in [0.1, 0.15) is 5.75 Å². The van der Waals surface area contributed by atoms with E-state index in [1.54, 1.807) is 7.11 Å². The minimum absolute atomic E-state index is 0.868. The molecule has 0 unspecified atom stereocenters. The van der Waals surface area contributed by atoms with Crippen LogP contribution in [0.3, 0.4) is 0 Å². The van der Waals surface area contributed by atoms with Gasteiger partial charge in [-0.15, -0.1) is 0 Å². The molecule has 90 valence electrons. The summed E-state index contributed by atoms with van der Waals surface area (Å²) in [4.78, 5) is 3.41. The molecular formula is C15H12BrNO. The number of H-pyrrole nitrogens is 1. The van der Waals surface area contributed by atoms with Gasteiger partial charge in [0.25, 0.3) is 0 Å². The minimum atomic E-state index is 0.868. The summed E-state index contributed by atoms with van der Waals surface area (Å²) < 4.78 is 6.34. The van der Waals surface area contributed by atoms with Gasteiger partial charge in [0.15, 0.2) is 0 Å². The molecule has 0 bridgehead atoms. The Morgan fingerprint density at radius 3 is 2.78 bits per heavy atom. The predicted molar refractivity (Wildman–Crippen MR) is 78.0 cm³/mol. The van der Waals surface area contributed by atoms with Crippen LogP contribution < -0.4 is 4.74 Å². The van der Waals surface area contributed by atoms with Crippen molar-refractivity contribution in [1.82, 2.24) is 4.98 Å². The Balaban J connectivity index is 2.13. The van der Waals surface area contributed by atoms with Crippen LogP contribution >= 0.6 is 15.9 Å². The van der Waals surface area contributed by atoms with Crippen LogP contribution in [0.15, 0.2) is 53.0 Å². The van der Waals surface area contributed by atoms with Crippen molar-refractivity contribution in [1.29, 1.82) is 0 Å². The molecular weight excluding hydrogens is 290 g/mol. The summed E-state index contributed by atoms with van der Waals surface area (Å²) in [6.07, 6.45) is 0. The molecule has 0 atom stereocenters. The normalized spacial score (nSPS) is 10.8. The van der Waals surface area contributed by atoms with Crippen molar-refractivity contribution < 1.29 is 4.74 Å². The van der Waals surface area contributed by atoms with E-state index in [0.717, 1.165) is 27.0 Å². The van der Waals surface area contributed by atoms with E-state index in [-0.39, 0.29) is 0 Å². The maximum Gasteiger partial charge on any atom is 0.119 e. The molecule has 18 heavy (non-hydrogen) atoms. The lowest BCUT2D eigenvalue weighted by atomic mass is 10.1. The van der Waals surface area contributed by atoms with E-state index in [2.05, 4.69) is 45.2 Å². The highest BCUT2D eigenvalue weighted by molar-refractivity contribution is 9.10. The lowest BCUT2D eigenvalue weighted by molar-refractivity contribution is 0.415. The summed E-state index contributed by atoms with van der Waals surface area (Å²) in [5.74, 6) is 0.868. The second-order valence-electron chi connectivity index (χ2n) is 4.15. The topological polar surface area (TPSA) is 25.0 Å². The molecule has 0 radical (unpaired) electrons. The first-order valence-corrected chi connectivity index (χ1v) is 6.48. The molecule has 1 heterocycles. The Labute approximate surface area is 114 Å². The van der Waals surface area contributed by atoms with E-state index < -0.39 is 0 Å². The van der Waals surface area contributed by atoms with E-state index in [4.69, 9.17) is 4.74 Å². The third-order valence-corrected chi connectivity index (χ3v) is 3.46. The third-order valence-electron chi connectivity index (χ3n) is 2.96. The number of hydrogen-bond acceptors (Lipinski definition) is 1. The molecule has 0 aliphatic carbocycles. The van der Waals surface area contributed by atoms with Gasteiger partial charge in [0.2, 0.25) is 0 Å². The van der Waals surface area contributed by atoms with Crippen LogP contribution in [0.2, 0.25) is 0 Å². The number of aromatic nitrogens is 1. The van der Waals surface area contributed by atoms with E-state index in [0.29, 0.717) is 0 Å².